The number of thioether (sulfide) groups is 1. The van der Waals surface area contributed by atoms with Gasteiger partial charge in [0.25, 0.3) is 0 Å². The molecule has 1 saturated heterocycles. The van der Waals surface area contributed by atoms with E-state index < -0.39 is 9.84 Å². The van der Waals surface area contributed by atoms with Crippen molar-refractivity contribution in [3.05, 3.63) is 30.3 Å². The largest absolute Gasteiger partial charge is 0.385 e. The summed E-state index contributed by atoms with van der Waals surface area (Å²) < 4.78 is 24.3. The molecule has 1 aliphatic heterocycles. The zero-order valence-electron chi connectivity index (χ0n) is 12.5. The second kappa shape index (κ2) is 8.06. The third kappa shape index (κ3) is 4.90. The molecule has 6 heteroatoms. The zero-order chi connectivity index (χ0) is 15.1. The number of hydrogen-bond donors (Lipinski definition) is 1. The molecule has 1 aromatic rings. The van der Waals surface area contributed by atoms with Crippen LogP contribution in [-0.4, -0.2) is 55.6 Å². The third-order valence-corrected chi connectivity index (χ3v) is 7.06. The minimum Gasteiger partial charge on any atom is -0.385 e. The fraction of sp³-hybridized carbons (Fsp3) is 0.600. The molecule has 21 heavy (non-hydrogen) atoms. The first kappa shape index (κ1) is 16.6. The average Bonchev–Trinajstić information content (AvgIpc) is 2.53. The Balaban J connectivity index is 1.80. The van der Waals surface area contributed by atoms with Crippen LogP contribution in [0, 0.1) is 0 Å². The number of anilines is 1. The highest BCUT2D eigenvalue weighted by atomic mass is 32.2. The van der Waals surface area contributed by atoms with Crippen LogP contribution in [0.1, 0.15) is 13.3 Å². The van der Waals surface area contributed by atoms with Gasteiger partial charge in [-0.3, -0.25) is 4.90 Å². The minimum atomic E-state index is -2.98. The number of para-hydroxylation sites is 1. The normalized spacial score (nSPS) is 20.3. The molecule has 1 N–H and O–H groups in total. The predicted molar refractivity (Wildman–Crippen MR) is 91.7 cm³/mol. The molecule has 0 saturated carbocycles. The molecule has 0 spiro atoms. The van der Waals surface area contributed by atoms with Crippen molar-refractivity contribution in [2.24, 2.45) is 0 Å². The van der Waals surface area contributed by atoms with Crippen molar-refractivity contribution in [3.8, 4) is 0 Å². The van der Waals surface area contributed by atoms with Gasteiger partial charge in [0, 0.05) is 42.6 Å². The number of nitrogens with zero attached hydrogens (tertiary/aromatic N) is 1. The molecule has 0 aliphatic carbocycles. The standard InChI is InChI=1S/C15H24N2O2S2/c1-2-21(18,19)15-13-20-12-11-17(15)10-6-9-16-14-7-4-3-5-8-14/h3-5,7-8,15-16H,2,6,9-13H2,1H3. The lowest BCUT2D eigenvalue weighted by molar-refractivity contribution is 0.269. The smallest absolute Gasteiger partial charge is 0.166 e. The summed E-state index contributed by atoms with van der Waals surface area (Å²) in [5, 5.41) is 3.08. The molecule has 1 fully saturated rings. The summed E-state index contributed by atoms with van der Waals surface area (Å²) in [7, 11) is -2.98. The molecule has 0 aromatic heterocycles. The van der Waals surface area contributed by atoms with Crippen LogP contribution < -0.4 is 5.32 Å². The topological polar surface area (TPSA) is 49.4 Å². The van der Waals surface area contributed by atoms with Gasteiger partial charge in [-0.1, -0.05) is 25.1 Å². The maximum atomic E-state index is 12.1. The molecule has 2 rings (SSSR count). The van der Waals surface area contributed by atoms with E-state index in [1.165, 1.54) is 0 Å². The Hall–Kier alpha value is -0.720. The van der Waals surface area contributed by atoms with E-state index in [2.05, 4.69) is 10.2 Å². The summed E-state index contributed by atoms with van der Waals surface area (Å²) in [5.74, 6) is 1.97. The fourth-order valence-corrected chi connectivity index (χ4v) is 5.58. The third-order valence-electron chi connectivity index (χ3n) is 3.73. The Morgan fingerprint density at radius 1 is 1.33 bits per heavy atom. The first-order valence-corrected chi connectivity index (χ1v) is 10.3. The van der Waals surface area contributed by atoms with Crippen molar-refractivity contribution in [1.82, 2.24) is 4.90 Å². The van der Waals surface area contributed by atoms with E-state index in [9.17, 15) is 8.42 Å². The van der Waals surface area contributed by atoms with E-state index in [0.29, 0.717) is 5.75 Å². The van der Waals surface area contributed by atoms with E-state index in [4.69, 9.17) is 0 Å². The van der Waals surface area contributed by atoms with Gasteiger partial charge < -0.3 is 5.32 Å². The summed E-state index contributed by atoms with van der Waals surface area (Å²) in [5.41, 5.74) is 1.12. The van der Waals surface area contributed by atoms with Crippen LogP contribution in [0.2, 0.25) is 0 Å². The highest BCUT2D eigenvalue weighted by Gasteiger charge is 2.32. The Labute approximate surface area is 132 Å². The molecule has 1 aromatic carbocycles. The van der Waals surface area contributed by atoms with Crippen molar-refractivity contribution in [3.63, 3.8) is 0 Å². The van der Waals surface area contributed by atoms with Gasteiger partial charge >= 0.3 is 0 Å². The van der Waals surface area contributed by atoms with Crippen molar-refractivity contribution in [1.29, 1.82) is 0 Å². The number of rotatable bonds is 7. The highest BCUT2D eigenvalue weighted by Crippen LogP contribution is 2.21. The van der Waals surface area contributed by atoms with Gasteiger partial charge in [-0.15, -0.1) is 0 Å². The molecule has 0 bridgehead atoms. The Bertz CT molecular complexity index is 520. The summed E-state index contributed by atoms with van der Waals surface area (Å²) in [6, 6.07) is 10.1. The van der Waals surface area contributed by atoms with Gasteiger partial charge in [0.05, 0.1) is 0 Å². The van der Waals surface area contributed by atoms with Crippen molar-refractivity contribution in [2.45, 2.75) is 18.7 Å². The van der Waals surface area contributed by atoms with Gasteiger partial charge in [-0.25, -0.2) is 8.42 Å². The van der Waals surface area contributed by atoms with E-state index in [0.717, 1.165) is 37.5 Å². The number of benzene rings is 1. The van der Waals surface area contributed by atoms with Crippen molar-refractivity contribution < 1.29 is 8.42 Å². The zero-order valence-corrected chi connectivity index (χ0v) is 14.1. The van der Waals surface area contributed by atoms with E-state index in [-0.39, 0.29) is 11.1 Å². The maximum Gasteiger partial charge on any atom is 0.166 e. The molecule has 118 valence electrons. The molecule has 0 radical (unpaired) electrons. The van der Waals surface area contributed by atoms with Crippen LogP contribution in [0.15, 0.2) is 30.3 Å². The van der Waals surface area contributed by atoms with Crippen LogP contribution in [0.25, 0.3) is 0 Å². The van der Waals surface area contributed by atoms with Crippen LogP contribution in [0.5, 0.6) is 0 Å². The lowest BCUT2D eigenvalue weighted by Gasteiger charge is -2.34. The van der Waals surface area contributed by atoms with Gasteiger partial charge in [0.2, 0.25) is 0 Å². The van der Waals surface area contributed by atoms with E-state index in [1.54, 1.807) is 18.7 Å². The van der Waals surface area contributed by atoms with Crippen LogP contribution in [-0.2, 0) is 9.84 Å². The van der Waals surface area contributed by atoms with Gasteiger partial charge in [-0.2, -0.15) is 11.8 Å². The van der Waals surface area contributed by atoms with Gasteiger partial charge in [0.15, 0.2) is 9.84 Å². The molecule has 4 nitrogen and oxygen atoms in total. The molecular formula is C15H24N2O2S2. The fourth-order valence-electron chi connectivity index (χ4n) is 2.47. The molecule has 0 amide bonds. The SMILES string of the molecule is CCS(=O)(=O)C1CSCCN1CCCNc1ccccc1. The summed E-state index contributed by atoms with van der Waals surface area (Å²) in [4.78, 5) is 2.14. The predicted octanol–water partition coefficient (Wildman–Crippen LogP) is 2.30. The molecular weight excluding hydrogens is 304 g/mol. The van der Waals surface area contributed by atoms with Crippen LogP contribution >= 0.6 is 11.8 Å². The Morgan fingerprint density at radius 3 is 2.81 bits per heavy atom. The number of hydrogen-bond acceptors (Lipinski definition) is 5. The highest BCUT2D eigenvalue weighted by molar-refractivity contribution is 8.01. The average molecular weight is 329 g/mol. The van der Waals surface area contributed by atoms with E-state index >= 15 is 0 Å². The Kier molecular flexibility index (Phi) is 6.39. The molecule has 1 heterocycles. The lowest BCUT2D eigenvalue weighted by atomic mass is 10.3. The number of sulfone groups is 1. The number of nitrogens with one attached hydrogen (secondary N) is 1. The summed E-state index contributed by atoms with van der Waals surface area (Å²) in [6.07, 6.45) is 0.954. The lowest BCUT2D eigenvalue weighted by Crippen LogP contribution is -2.48. The van der Waals surface area contributed by atoms with Gasteiger partial charge in [0.1, 0.15) is 5.37 Å². The quantitative estimate of drug-likeness (QED) is 0.778. The second-order valence-electron chi connectivity index (χ2n) is 5.16. The first-order chi connectivity index (χ1) is 10.1. The summed E-state index contributed by atoms with van der Waals surface area (Å²) in [6.45, 7) is 4.32. The van der Waals surface area contributed by atoms with Crippen molar-refractivity contribution >= 4 is 27.3 Å². The van der Waals surface area contributed by atoms with Crippen LogP contribution in [0.4, 0.5) is 5.69 Å². The first-order valence-electron chi connectivity index (χ1n) is 7.46. The summed E-state index contributed by atoms with van der Waals surface area (Å²) >= 11 is 1.75. The Morgan fingerprint density at radius 2 is 2.10 bits per heavy atom. The maximum absolute atomic E-state index is 12.1. The van der Waals surface area contributed by atoms with Crippen LogP contribution in [0.3, 0.4) is 0 Å². The second-order valence-corrected chi connectivity index (χ2v) is 8.76. The van der Waals surface area contributed by atoms with E-state index in [1.807, 2.05) is 30.3 Å². The monoisotopic (exact) mass is 328 g/mol. The molecule has 1 unspecified atom stereocenters. The molecule has 1 atom stereocenters. The molecule has 1 aliphatic rings. The minimum absolute atomic E-state index is 0.233. The van der Waals surface area contributed by atoms with Crippen molar-refractivity contribution in [2.75, 3.05) is 42.2 Å². The van der Waals surface area contributed by atoms with Gasteiger partial charge in [-0.05, 0) is 18.6 Å².